The zero-order chi connectivity index (χ0) is 12.4. The van der Waals surface area contributed by atoms with Crippen molar-refractivity contribution in [3.8, 4) is 0 Å². The summed E-state index contributed by atoms with van der Waals surface area (Å²) >= 11 is 0. The van der Waals surface area contributed by atoms with E-state index < -0.39 is 0 Å². The van der Waals surface area contributed by atoms with Gasteiger partial charge in [0.05, 0.1) is 0 Å². The molecule has 2 heterocycles. The molecule has 0 aliphatic carbocycles. The van der Waals surface area contributed by atoms with Gasteiger partial charge in [-0.25, -0.2) is 0 Å². The fraction of sp³-hybridized carbons (Fsp3) is 0.438. The number of rotatable bonds is 2. The summed E-state index contributed by atoms with van der Waals surface area (Å²) in [6, 6.07) is 6.91. The van der Waals surface area contributed by atoms with Gasteiger partial charge in [-0.1, -0.05) is 19.1 Å². The Hall–Kier alpha value is -1.41. The topological polar surface area (TPSA) is 24.9 Å². The minimum absolute atomic E-state index is 0.674. The normalized spacial score (nSPS) is 20.2. The molecule has 1 aliphatic heterocycles. The molecule has 1 saturated heterocycles. The lowest BCUT2D eigenvalue weighted by Crippen LogP contribution is -2.28. The van der Waals surface area contributed by atoms with E-state index >= 15 is 0 Å². The maximum Gasteiger partial charge on any atom is 0.0346 e. The number of piperidine rings is 1. The smallest absolute Gasteiger partial charge is 0.0346 e. The molecule has 1 aromatic heterocycles. The van der Waals surface area contributed by atoms with Gasteiger partial charge in [0.1, 0.15) is 0 Å². The number of aromatic nitrogens is 1. The van der Waals surface area contributed by atoms with Crippen molar-refractivity contribution in [2.75, 3.05) is 13.1 Å². The van der Waals surface area contributed by atoms with Crippen LogP contribution in [0.2, 0.25) is 0 Å². The quantitative estimate of drug-likeness (QED) is 0.871. The first-order chi connectivity index (χ1) is 8.88. The van der Waals surface area contributed by atoms with Crippen molar-refractivity contribution < 1.29 is 0 Å². The van der Waals surface area contributed by atoms with Crippen LogP contribution in [0.25, 0.3) is 10.8 Å². The van der Waals surface area contributed by atoms with Crippen molar-refractivity contribution in [3.05, 3.63) is 41.7 Å². The first-order valence-corrected chi connectivity index (χ1v) is 6.95. The first kappa shape index (κ1) is 11.7. The minimum Gasteiger partial charge on any atom is -0.316 e. The fourth-order valence-corrected chi connectivity index (χ4v) is 2.93. The summed E-state index contributed by atoms with van der Waals surface area (Å²) in [7, 11) is 0. The van der Waals surface area contributed by atoms with E-state index in [0.29, 0.717) is 5.92 Å². The number of aryl methyl sites for hydroxylation is 1. The van der Waals surface area contributed by atoms with Gasteiger partial charge in [-0.05, 0) is 54.3 Å². The predicted molar refractivity (Wildman–Crippen MR) is 76.0 cm³/mol. The number of nitrogens with one attached hydrogen (secondary N) is 1. The number of benzene rings is 1. The molecule has 0 radical (unpaired) electrons. The van der Waals surface area contributed by atoms with E-state index in [0.717, 1.165) is 13.0 Å². The predicted octanol–water partition coefficient (Wildman–Crippen LogP) is 3.26. The molecule has 0 amide bonds. The van der Waals surface area contributed by atoms with Crippen LogP contribution in [0.4, 0.5) is 0 Å². The van der Waals surface area contributed by atoms with Crippen molar-refractivity contribution in [2.45, 2.75) is 32.1 Å². The zero-order valence-corrected chi connectivity index (χ0v) is 10.9. The molecule has 1 aliphatic rings. The molecule has 3 rings (SSSR count). The second-order valence-electron chi connectivity index (χ2n) is 5.18. The summed E-state index contributed by atoms with van der Waals surface area (Å²) in [5.41, 5.74) is 2.81. The molecular formula is C16H20N2. The van der Waals surface area contributed by atoms with Gasteiger partial charge < -0.3 is 5.32 Å². The van der Waals surface area contributed by atoms with Crippen molar-refractivity contribution in [1.29, 1.82) is 0 Å². The fourth-order valence-electron chi connectivity index (χ4n) is 2.93. The molecule has 0 saturated carbocycles. The van der Waals surface area contributed by atoms with Gasteiger partial charge in [-0.3, -0.25) is 4.98 Å². The second-order valence-corrected chi connectivity index (χ2v) is 5.18. The Kier molecular flexibility index (Phi) is 3.28. The number of hydrogen-bond acceptors (Lipinski definition) is 2. The van der Waals surface area contributed by atoms with Crippen molar-refractivity contribution in [3.63, 3.8) is 0 Å². The molecule has 0 bridgehead atoms. The Labute approximate surface area is 108 Å². The molecule has 1 unspecified atom stereocenters. The van der Waals surface area contributed by atoms with Gasteiger partial charge in [-0.15, -0.1) is 0 Å². The standard InChI is InChI=1S/C16H20N2/c1-2-12-9-18-11-15-8-13(5-6-16(12)15)14-4-3-7-17-10-14/h5-6,8-9,11,14,17H,2-4,7,10H2,1H3. The van der Waals surface area contributed by atoms with Crippen LogP contribution < -0.4 is 5.32 Å². The van der Waals surface area contributed by atoms with E-state index in [1.54, 1.807) is 0 Å². The lowest BCUT2D eigenvalue weighted by Gasteiger charge is -2.23. The van der Waals surface area contributed by atoms with E-state index in [9.17, 15) is 0 Å². The molecule has 2 aromatic rings. The monoisotopic (exact) mass is 240 g/mol. The zero-order valence-electron chi connectivity index (χ0n) is 10.9. The van der Waals surface area contributed by atoms with Crippen LogP contribution in [-0.4, -0.2) is 18.1 Å². The van der Waals surface area contributed by atoms with E-state index in [1.165, 1.54) is 41.3 Å². The maximum atomic E-state index is 4.35. The third-order valence-electron chi connectivity index (χ3n) is 4.01. The summed E-state index contributed by atoms with van der Waals surface area (Å²) in [5, 5.41) is 6.14. The van der Waals surface area contributed by atoms with Gasteiger partial charge in [0.15, 0.2) is 0 Å². The summed E-state index contributed by atoms with van der Waals surface area (Å²) in [5.74, 6) is 0.674. The Morgan fingerprint density at radius 1 is 1.33 bits per heavy atom. The maximum absolute atomic E-state index is 4.35. The third kappa shape index (κ3) is 2.13. The summed E-state index contributed by atoms with van der Waals surface area (Å²) in [4.78, 5) is 4.35. The molecule has 2 heteroatoms. The van der Waals surface area contributed by atoms with Crippen molar-refractivity contribution in [2.24, 2.45) is 0 Å². The number of fused-ring (bicyclic) bond motifs is 1. The van der Waals surface area contributed by atoms with Crippen LogP contribution in [0.5, 0.6) is 0 Å². The molecule has 0 spiro atoms. The van der Waals surface area contributed by atoms with E-state index in [4.69, 9.17) is 0 Å². The largest absolute Gasteiger partial charge is 0.316 e. The average Bonchev–Trinajstić information content (AvgIpc) is 2.47. The second kappa shape index (κ2) is 5.07. The van der Waals surface area contributed by atoms with E-state index in [2.05, 4.69) is 35.4 Å². The van der Waals surface area contributed by atoms with Gasteiger partial charge in [0.2, 0.25) is 0 Å². The number of hydrogen-bond donors (Lipinski definition) is 1. The summed E-state index contributed by atoms with van der Waals surface area (Å²) in [6.07, 6.45) is 7.63. The lowest BCUT2D eigenvalue weighted by molar-refractivity contribution is 0.462. The number of nitrogens with zero attached hydrogens (tertiary/aromatic N) is 1. The van der Waals surface area contributed by atoms with Gasteiger partial charge in [0, 0.05) is 24.3 Å². The average molecular weight is 240 g/mol. The SMILES string of the molecule is CCc1cncc2cc(C3CCCNC3)ccc12. The van der Waals surface area contributed by atoms with Crippen molar-refractivity contribution >= 4 is 10.8 Å². The highest BCUT2D eigenvalue weighted by atomic mass is 14.9. The molecular weight excluding hydrogens is 220 g/mol. The highest BCUT2D eigenvalue weighted by Gasteiger charge is 2.15. The molecule has 1 fully saturated rings. The summed E-state index contributed by atoms with van der Waals surface area (Å²) < 4.78 is 0. The highest BCUT2D eigenvalue weighted by molar-refractivity contribution is 5.85. The van der Waals surface area contributed by atoms with Crippen LogP contribution >= 0.6 is 0 Å². The number of pyridine rings is 1. The Morgan fingerprint density at radius 3 is 3.06 bits per heavy atom. The van der Waals surface area contributed by atoms with Crippen molar-refractivity contribution in [1.82, 2.24) is 10.3 Å². The van der Waals surface area contributed by atoms with Gasteiger partial charge in [-0.2, -0.15) is 0 Å². The molecule has 1 atom stereocenters. The van der Waals surface area contributed by atoms with Gasteiger partial charge in [0.25, 0.3) is 0 Å². The highest BCUT2D eigenvalue weighted by Crippen LogP contribution is 2.27. The first-order valence-electron chi connectivity index (χ1n) is 6.95. The minimum atomic E-state index is 0.674. The van der Waals surface area contributed by atoms with E-state index in [1.807, 2.05) is 12.4 Å². The third-order valence-corrected chi connectivity index (χ3v) is 4.01. The lowest BCUT2D eigenvalue weighted by atomic mass is 9.90. The Morgan fingerprint density at radius 2 is 2.28 bits per heavy atom. The molecule has 1 N–H and O–H groups in total. The molecule has 2 nitrogen and oxygen atoms in total. The van der Waals surface area contributed by atoms with Crippen LogP contribution in [0, 0.1) is 0 Å². The van der Waals surface area contributed by atoms with Crippen LogP contribution in [0.1, 0.15) is 36.8 Å². The van der Waals surface area contributed by atoms with Crippen LogP contribution in [0.15, 0.2) is 30.6 Å². The Balaban J connectivity index is 2.00. The molecule has 18 heavy (non-hydrogen) atoms. The Bertz CT molecular complexity index is 542. The summed E-state index contributed by atoms with van der Waals surface area (Å²) in [6.45, 7) is 4.48. The van der Waals surface area contributed by atoms with Gasteiger partial charge >= 0.3 is 0 Å². The molecule has 1 aromatic carbocycles. The molecule has 94 valence electrons. The van der Waals surface area contributed by atoms with Crippen LogP contribution in [-0.2, 0) is 6.42 Å². The van der Waals surface area contributed by atoms with E-state index in [-0.39, 0.29) is 0 Å². The van der Waals surface area contributed by atoms with Crippen LogP contribution in [0.3, 0.4) is 0 Å².